The fourth-order valence-electron chi connectivity index (χ4n) is 1.94. The summed E-state index contributed by atoms with van der Waals surface area (Å²) in [6, 6.07) is 6.07. The van der Waals surface area contributed by atoms with Gasteiger partial charge in [-0.25, -0.2) is 4.98 Å². The maximum absolute atomic E-state index is 4.60. The monoisotopic (exact) mass is 199 g/mol. The first kappa shape index (κ1) is 8.68. The Labute approximate surface area is 88.4 Å². The predicted molar refractivity (Wildman–Crippen MR) is 60.7 cm³/mol. The van der Waals surface area contributed by atoms with Crippen molar-refractivity contribution in [2.75, 3.05) is 13.1 Å². The first-order chi connectivity index (χ1) is 7.43. The summed E-state index contributed by atoms with van der Waals surface area (Å²) in [6.07, 6.45) is 7.44. The SMILES string of the molecule is C1=C(c2cn3ccccc3n2)CCNC1. The number of imidazole rings is 1. The fourth-order valence-corrected chi connectivity index (χ4v) is 1.94. The van der Waals surface area contributed by atoms with Crippen LogP contribution in [0.4, 0.5) is 0 Å². The van der Waals surface area contributed by atoms with Crippen molar-refractivity contribution in [2.24, 2.45) is 0 Å². The molecule has 3 nitrogen and oxygen atoms in total. The van der Waals surface area contributed by atoms with Crippen molar-refractivity contribution in [1.29, 1.82) is 0 Å². The molecule has 76 valence electrons. The molecule has 0 fully saturated rings. The van der Waals surface area contributed by atoms with Crippen LogP contribution in [0.25, 0.3) is 11.2 Å². The number of hydrogen-bond acceptors (Lipinski definition) is 2. The molecular formula is C12H13N3. The summed E-state index contributed by atoms with van der Waals surface area (Å²) in [5.74, 6) is 0. The Balaban J connectivity index is 2.07. The normalized spacial score (nSPS) is 16.7. The summed E-state index contributed by atoms with van der Waals surface area (Å²) in [5.41, 5.74) is 3.49. The van der Waals surface area contributed by atoms with E-state index >= 15 is 0 Å². The minimum atomic E-state index is 0.962. The lowest BCUT2D eigenvalue weighted by Gasteiger charge is -2.11. The molecule has 0 aliphatic carbocycles. The van der Waals surface area contributed by atoms with Gasteiger partial charge in [0.1, 0.15) is 5.65 Å². The average Bonchev–Trinajstić information content (AvgIpc) is 2.74. The van der Waals surface area contributed by atoms with Crippen LogP contribution in [0.1, 0.15) is 12.1 Å². The number of nitrogens with zero attached hydrogens (tertiary/aromatic N) is 2. The number of fused-ring (bicyclic) bond motifs is 1. The maximum atomic E-state index is 4.60. The number of pyridine rings is 1. The highest BCUT2D eigenvalue weighted by Crippen LogP contribution is 2.19. The molecule has 2 aromatic heterocycles. The quantitative estimate of drug-likeness (QED) is 0.757. The molecule has 0 atom stereocenters. The Kier molecular flexibility index (Phi) is 2.03. The van der Waals surface area contributed by atoms with Crippen molar-refractivity contribution in [2.45, 2.75) is 6.42 Å². The van der Waals surface area contributed by atoms with Crippen LogP contribution in [0, 0.1) is 0 Å². The third kappa shape index (κ3) is 1.55. The molecule has 3 heterocycles. The summed E-state index contributed by atoms with van der Waals surface area (Å²) in [6.45, 7) is 2.02. The van der Waals surface area contributed by atoms with Crippen molar-refractivity contribution < 1.29 is 0 Å². The van der Waals surface area contributed by atoms with Gasteiger partial charge in [-0.3, -0.25) is 0 Å². The second kappa shape index (κ2) is 3.51. The van der Waals surface area contributed by atoms with Gasteiger partial charge in [-0.1, -0.05) is 12.1 Å². The average molecular weight is 199 g/mol. The second-order valence-electron chi connectivity index (χ2n) is 3.78. The van der Waals surface area contributed by atoms with E-state index in [-0.39, 0.29) is 0 Å². The Bertz CT molecular complexity index is 477. The van der Waals surface area contributed by atoms with E-state index in [2.05, 4.69) is 27.0 Å². The van der Waals surface area contributed by atoms with Crippen LogP contribution in [0.5, 0.6) is 0 Å². The largest absolute Gasteiger partial charge is 0.313 e. The highest BCUT2D eigenvalue weighted by atomic mass is 15.0. The number of hydrogen-bond donors (Lipinski definition) is 1. The minimum absolute atomic E-state index is 0.962. The topological polar surface area (TPSA) is 29.3 Å². The Morgan fingerprint density at radius 2 is 2.33 bits per heavy atom. The lowest BCUT2D eigenvalue weighted by atomic mass is 10.1. The van der Waals surface area contributed by atoms with Crippen molar-refractivity contribution in [3.8, 4) is 0 Å². The molecule has 0 aromatic carbocycles. The fraction of sp³-hybridized carbons (Fsp3) is 0.250. The van der Waals surface area contributed by atoms with E-state index in [1.807, 2.05) is 24.4 Å². The van der Waals surface area contributed by atoms with Crippen molar-refractivity contribution in [3.63, 3.8) is 0 Å². The summed E-state index contributed by atoms with van der Waals surface area (Å²) in [5, 5.41) is 3.31. The van der Waals surface area contributed by atoms with Gasteiger partial charge in [-0.05, 0) is 30.7 Å². The van der Waals surface area contributed by atoms with Gasteiger partial charge in [0.2, 0.25) is 0 Å². The predicted octanol–water partition coefficient (Wildman–Crippen LogP) is 1.71. The second-order valence-corrected chi connectivity index (χ2v) is 3.78. The van der Waals surface area contributed by atoms with E-state index in [9.17, 15) is 0 Å². The lowest BCUT2D eigenvalue weighted by Crippen LogP contribution is -2.20. The lowest BCUT2D eigenvalue weighted by molar-refractivity contribution is 0.737. The smallest absolute Gasteiger partial charge is 0.137 e. The number of rotatable bonds is 1. The van der Waals surface area contributed by atoms with E-state index in [1.54, 1.807) is 0 Å². The third-order valence-electron chi connectivity index (χ3n) is 2.76. The van der Waals surface area contributed by atoms with E-state index in [1.165, 1.54) is 5.57 Å². The standard InChI is InChI=1S/C12H13N3/c1-2-8-15-9-11(14-12(15)3-1)10-4-6-13-7-5-10/h1-4,8-9,13H,5-7H2. The van der Waals surface area contributed by atoms with Gasteiger partial charge in [0.25, 0.3) is 0 Å². The third-order valence-corrected chi connectivity index (χ3v) is 2.76. The van der Waals surface area contributed by atoms with Crippen LogP contribution >= 0.6 is 0 Å². The molecule has 1 aliphatic heterocycles. The summed E-state index contributed by atoms with van der Waals surface area (Å²) >= 11 is 0. The zero-order chi connectivity index (χ0) is 10.1. The van der Waals surface area contributed by atoms with Crippen molar-refractivity contribution >= 4 is 11.2 Å². The van der Waals surface area contributed by atoms with Crippen molar-refractivity contribution in [3.05, 3.63) is 42.4 Å². The maximum Gasteiger partial charge on any atom is 0.137 e. The van der Waals surface area contributed by atoms with Gasteiger partial charge >= 0.3 is 0 Å². The highest BCUT2D eigenvalue weighted by Gasteiger charge is 2.08. The van der Waals surface area contributed by atoms with Crippen LogP contribution in [-0.4, -0.2) is 22.5 Å². The molecule has 0 radical (unpaired) electrons. The van der Waals surface area contributed by atoms with Gasteiger partial charge in [-0.15, -0.1) is 0 Å². The van der Waals surface area contributed by atoms with Gasteiger partial charge in [0, 0.05) is 18.9 Å². The van der Waals surface area contributed by atoms with Crippen LogP contribution in [-0.2, 0) is 0 Å². The van der Waals surface area contributed by atoms with Crippen molar-refractivity contribution in [1.82, 2.24) is 14.7 Å². The summed E-state index contributed by atoms with van der Waals surface area (Å²) in [4.78, 5) is 4.60. The summed E-state index contributed by atoms with van der Waals surface area (Å²) < 4.78 is 2.07. The first-order valence-electron chi connectivity index (χ1n) is 5.27. The molecule has 1 N–H and O–H groups in total. The van der Waals surface area contributed by atoms with Crippen LogP contribution < -0.4 is 5.32 Å². The Hall–Kier alpha value is -1.61. The van der Waals surface area contributed by atoms with Gasteiger partial charge in [0.15, 0.2) is 0 Å². The molecule has 0 spiro atoms. The molecule has 1 aliphatic rings. The molecular weight excluding hydrogens is 186 g/mol. The van der Waals surface area contributed by atoms with E-state index < -0.39 is 0 Å². The minimum Gasteiger partial charge on any atom is -0.313 e. The number of aromatic nitrogens is 2. The zero-order valence-corrected chi connectivity index (χ0v) is 8.48. The molecule has 0 bridgehead atoms. The zero-order valence-electron chi connectivity index (χ0n) is 8.48. The van der Waals surface area contributed by atoms with E-state index in [4.69, 9.17) is 0 Å². The Morgan fingerprint density at radius 1 is 1.33 bits per heavy atom. The molecule has 3 rings (SSSR count). The Morgan fingerprint density at radius 3 is 3.13 bits per heavy atom. The van der Waals surface area contributed by atoms with E-state index in [0.717, 1.165) is 30.9 Å². The van der Waals surface area contributed by atoms with E-state index in [0.29, 0.717) is 0 Å². The van der Waals surface area contributed by atoms with Crippen LogP contribution in [0.3, 0.4) is 0 Å². The molecule has 15 heavy (non-hydrogen) atoms. The number of nitrogens with one attached hydrogen (secondary N) is 1. The van der Waals surface area contributed by atoms with Gasteiger partial charge < -0.3 is 9.72 Å². The van der Waals surface area contributed by atoms with Crippen LogP contribution in [0.2, 0.25) is 0 Å². The van der Waals surface area contributed by atoms with Gasteiger partial charge in [-0.2, -0.15) is 0 Å². The van der Waals surface area contributed by atoms with Gasteiger partial charge in [0.05, 0.1) is 5.69 Å². The molecule has 0 unspecified atom stereocenters. The molecule has 0 amide bonds. The molecule has 0 saturated heterocycles. The molecule has 2 aromatic rings. The molecule has 3 heteroatoms. The summed E-state index contributed by atoms with van der Waals surface area (Å²) in [7, 11) is 0. The molecule has 0 saturated carbocycles. The van der Waals surface area contributed by atoms with Crippen LogP contribution in [0.15, 0.2) is 36.7 Å². The first-order valence-corrected chi connectivity index (χ1v) is 5.27. The highest BCUT2D eigenvalue weighted by molar-refractivity contribution is 5.65.